The predicted molar refractivity (Wildman–Crippen MR) is 146 cm³/mol. The van der Waals surface area contributed by atoms with Gasteiger partial charge >= 0.3 is 0 Å². The smallest absolute Gasteiger partial charge is 0.141 e. The third kappa shape index (κ3) is 6.05. The molecule has 2 heterocycles. The number of anilines is 2. The molecule has 1 aromatic heterocycles. The van der Waals surface area contributed by atoms with Gasteiger partial charge in [-0.05, 0) is 42.3 Å². The molecular formula is C28H35N7. The summed E-state index contributed by atoms with van der Waals surface area (Å²) in [6.07, 6.45) is 6.61. The standard InChI is InChI=1S/C28H35N7/c1-3-21(2)35-17-15-34(16-18-35)14-8-4-7-13-31-28-25(27(30)32-20-33-28)26(29)24-12-11-22-9-5-6-10-23(22)19-24/h3,5-6,9-12,19-20,29H,1-2,4,7-8,13-18H2,(H3,30,31,32,33). The van der Waals surface area contributed by atoms with Crippen molar-refractivity contribution in [2.45, 2.75) is 19.3 Å². The van der Waals surface area contributed by atoms with E-state index in [4.69, 9.17) is 11.1 Å². The van der Waals surface area contributed by atoms with Crippen molar-refractivity contribution in [2.75, 3.05) is 50.3 Å². The molecule has 0 aliphatic carbocycles. The van der Waals surface area contributed by atoms with E-state index in [0.29, 0.717) is 22.9 Å². The fourth-order valence-corrected chi connectivity index (χ4v) is 4.50. The topological polar surface area (TPSA) is 94.2 Å². The zero-order chi connectivity index (χ0) is 24.6. The van der Waals surface area contributed by atoms with Crippen molar-refractivity contribution in [3.63, 3.8) is 0 Å². The molecule has 35 heavy (non-hydrogen) atoms. The minimum Gasteiger partial charge on any atom is -0.383 e. The molecule has 1 aliphatic rings. The quantitative estimate of drug-likeness (QED) is 0.217. The number of benzene rings is 2. The first-order valence-electron chi connectivity index (χ1n) is 12.3. The first-order valence-corrected chi connectivity index (χ1v) is 12.3. The maximum absolute atomic E-state index is 8.82. The molecule has 0 bridgehead atoms. The third-order valence-electron chi connectivity index (χ3n) is 6.62. The molecule has 4 N–H and O–H groups in total. The highest BCUT2D eigenvalue weighted by molar-refractivity contribution is 6.17. The molecule has 7 nitrogen and oxygen atoms in total. The number of nitrogens with one attached hydrogen (secondary N) is 2. The normalized spacial score (nSPS) is 14.1. The Balaban J connectivity index is 1.27. The highest BCUT2D eigenvalue weighted by Crippen LogP contribution is 2.24. The minimum absolute atomic E-state index is 0.318. The monoisotopic (exact) mass is 469 g/mol. The Morgan fingerprint density at radius 2 is 1.80 bits per heavy atom. The number of unbranched alkanes of at least 4 members (excludes halogenated alkanes) is 2. The Labute approximate surface area is 207 Å². The van der Waals surface area contributed by atoms with Crippen molar-refractivity contribution in [3.05, 3.63) is 84.8 Å². The maximum Gasteiger partial charge on any atom is 0.141 e. The van der Waals surface area contributed by atoms with Crippen molar-refractivity contribution in [1.82, 2.24) is 19.8 Å². The molecule has 0 spiro atoms. The number of fused-ring (bicyclic) bond motifs is 1. The molecule has 182 valence electrons. The number of rotatable bonds is 11. The lowest BCUT2D eigenvalue weighted by atomic mass is 9.99. The van der Waals surface area contributed by atoms with Crippen molar-refractivity contribution in [1.29, 1.82) is 5.41 Å². The number of nitrogen functional groups attached to an aromatic ring is 1. The lowest BCUT2D eigenvalue weighted by Gasteiger charge is -2.36. The van der Waals surface area contributed by atoms with Gasteiger partial charge in [0.1, 0.15) is 18.0 Å². The second kappa shape index (κ2) is 11.6. The SMILES string of the molecule is C=CC(=C)N1CCN(CCCCCNc2ncnc(N)c2C(=N)c2ccc3ccccc3c2)CC1. The molecule has 0 saturated carbocycles. The van der Waals surface area contributed by atoms with Crippen LogP contribution in [0.25, 0.3) is 10.8 Å². The predicted octanol–water partition coefficient (Wildman–Crippen LogP) is 4.53. The molecule has 0 radical (unpaired) electrons. The van der Waals surface area contributed by atoms with Crippen LogP contribution in [-0.2, 0) is 0 Å². The van der Waals surface area contributed by atoms with E-state index in [1.165, 1.54) is 6.33 Å². The van der Waals surface area contributed by atoms with Crippen LogP contribution in [-0.4, -0.2) is 64.7 Å². The van der Waals surface area contributed by atoms with Gasteiger partial charge in [0.05, 0.1) is 11.3 Å². The van der Waals surface area contributed by atoms with Crippen LogP contribution in [0.3, 0.4) is 0 Å². The number of nitrogens with zero attached hydrogens (tertiary/aromatic N) is 4. The molecule has 7 heteroatoms. The molecule has 0 atom stereocenters. The van der Waals surface area contributed by atoms with Crippen LogP contribution in [0, 0.1) is 5.41 Å². The number of nitrogens with two attached hydrogens (primary N) is 1. The lowest BCUT2D eigenvalue weighted by Crippen LogP contribution is -2.45. The van der Waals surface area contributed by atoms with Crippen molar-refractivity contribution in [3.8, 4) is 0 Å². The van der Waals surface area contributed by atoms with E-state index in [0.717, 1.165) is 80.6 Å². The van der Waals surface area contributed by atoms with Gasteiger partial charge in [-0.3, -0.25) is 10.3 Å². The van der Waals surface area contributed by atoms with E-state index < -0.39 is 0 Å². The number of hydrogen-bond donors (Lipinski definition) is 3. The Kier molecular flexibility index (Phi) is 8.11. The van der Waals surface area contributed by atoms with Gasteiger partial charge in [0, 0.05) is 44.0 Å². The second-order valence-corrected chi connectivity index (χ2v) is 8.93. The van der Waals surface area contributed by atoms with Crippen molar-refractivity contribution >= 4 is 28.1 Å². The average molecular weight is 470 g/mol. The van der Waals surface area contributed by atoms with Gasteiger partial charge < -0.3 is 16.0 Å². The Morgan fingerprint density at radius 1 is 1.03 bits per heavy atom. The molecule has 1 fully saturated rings. The summed E-state index contributed by atoms with van der Waals surface area (Å²) in [5, 5.41) is 14.4. The van der Waals surface area contributed by atoms with Crippen LogP contribution < -0.4 is 11.1 Å². The van der Waals surface area contributed by atoms with Gasteiger partial charge in [-0.15, -0.1) is 0 Å². The number of hydrogen-bond acceptors (Lipinski definition) is 7. The highest BCUT2D eigenvalue weighted by Gasteiger charge is 2.17. The molecule has 0 unspecified atom stereocenters. The summed E-state index contributed by atoms with van der Waals surface area (Å²) < 4.78 is 0. The molecule has 1 saturated heterocycles. The fourth-order valence-electron chi connectivity index (χ4n) is 4.50. The summed E-state index contributed by atoms with van der Waals surface area (Å²) in [7, 11) is 0. The van der Waals surface area contributed by atoms with Crippen LogP contribution in [0.2, 0.25) is 0 Å². The number of allylic oxidation sites excluding steroid dienone is 1. The van der Waals surface area contributed by atoms with Crippen molar-refractivity contribution in [2.24, 2.45) is 0 Å². The summed E-state index contributed by atoms with van der Waals surface area (Å²) in [6, 6.07) is 14.1. The molecular weight excluding hydrogens is 434 g/mol. The fraction of sp³-hybridized carbons (Fsp3) is 0.321. The Hall–Kier alpha value is -3.71. The summed E-state index contributed by atoms with van der Waals surface area (Å²) in [5.74, 6) is 0.938. The Morgan fingerprint density at radius 3 is 2.57 bits per heavy atom. The maximum atomic E-state index is 8.82. The molecule has 3 aromatic rings. The average Bonchev–Trinajstić information content (AvgIpc) is 2.90. The van der Waals surface area contributed by atoms with Gasteiger partial charge in [-0.1, -0.05) is 56.0 Å². The van der Waals surface area contributed by atoms with Gasteiger partial charge in [0.2, 0.25) is 0 Å². The van der Waals surface area contributed by atoms with Crippen LogP contribution in [0.15, 0.2) is 73.7 Å². The van der Waals surface area contributed by atoms with Gasteiger partial charge in [-0.25, -0.2) is 9.97 Å². The van der Waals surface area contributed by atoms with Gasteiger partial charge in [-0.2, -0.15) is 0 Å². The van der Waals surface area contributed by atoms with E-state index in [-0.39, 0.29) is 0 Å². The molecule has 4 rings (SSSR count). The van der Waals surface area contributed by atoms with E-state index in [9.17, 15) is 0 Å². The third-order valence-corrected chi connectivity index (χ3v) is 6.62. The largest absolute Gasteiger partial charge is 0.383 e. The molecule has 0 amide bonds. The lowest BCUT2D eigenvalue weighted by molar-refractivity contribution is 0.160. The number of aromatic nitrogens is 2. The first-order chi connectivity index (χ1) is 17.1. The zero-order valence-electron chi connectivity index (χ0n) is 20.3. The van der Waals surface area contributed by atoms with Crippen LogP contribution in [0.1, 0.15) is 30.4 Å². The summed E-state index contributed by atoms with van der Waals surface area (Å²) in [6.45, 7) is 13.9. The second-order valence-electron chi connectivity index (χ2n) is 8.93. The molecule has 2 aromatic carbocycles. The van der Waals surface area contributed by atoms with E-state index >= 15 is 0 Å². The van der Waals surface area contributed by atoms with Gasteiger partial charge in [0.25, 0.3) is 0 Å². The van der Waals surface area contributed by atoms with Crippen LogP contribution in [0.5, 0.6) is 0 Å². The van der Waals surface area contributed by atoms with E-state index in [2.05, 4.69) is 44.3 Å². The van der Waals surface area contributed by atoms with E-state index in [1.807, 2.05) is 42.5 Å². The zero-order valence-corrected chi connectivity index (χ0v) is 20.3. The van der Waals surface area contributed by atoms with Crippen molar-refractivity contribution < 1.29 is 0 Å². The summed E-state index contributed by atoms with van der Waals surface area (Å²) in [5.41, 5.74) is 8.90. The van der Waals surface area contributed by atoms with E-state index in [1.54, 1.807) is 0 Å². The molecule has 1 aliphatic heterocycles. The highest BCUT2D eigenvalue weighted by atomic mass is 15.3. The summed E-state index contributed by atoms with van der Waals surface area (Å²) in [4.78, 5) is 13.4. The Bertz CT molecular complexity index is 1190. The van der Waals surface area contributed by atoms with Crippen LogP contribution in [0.4, 0.5) is 11.6 Å². The van der Waals surface area contributed by atoms with Crippen LogP contribution >= 0.6 is 0 Å². The number of piperazine rings is 1. The minimum atomic E-state index is 0.318. The summed E-state index contributed by atoms with van der Waals surface area (Å²) >= 11 is 0. The first kappa shape index (κ1) is 24.4. The van der Waals surface area contributed by atoms with Gasteiger partial charge in [0.15, 0.2) is 0 Å².